The molecule has 9 nitrogen and oxygen atoms in total. The number of nitrogens with zero attached hydrogens (tertiary/aromatic N) is 2. The van der Waals surface area contributed by atoms with Crippen LogP contribution in [0.5, 0.6) is 0 Å². The number of nitrogens with two attached hydrogens (primary N) is 2. The first-order valence-electron chi connectivity index (χ1n) is 9.49. The number of rotatable bonds is 7. The number of nitrogens with one attached hydrogen (secondary N) is 2. The summed E-state index contributed by atoms with van der Waals surface area (Å²) in [5, 5.41) is 15.3. The van der Waals surface area contributed by atoms with Gasteiger partial charge >= 0.3 is 0 Å². The van der Waals surface area contributed by atoms with E-state index in [1.165, 1.54) is 24.1 Å². The molecular formula is C19H30N6O3. The molecule has 1 heterocycles. The fourth-order valence-corrected chi connectivity index (χ4v) is 3.47. The lowest BCUT2D eigenvalue weighted by Crippen LogP contribution is -2.44. The van der Waals surface area contributed by atoms with Crippen LogP contribution in [0.25, 0.3) is 0 Å². The number of aliphatic hydroxyl groups is 1. The van der Waals surface area contributed by atoms with Crippen LogP contribution in [0.2, 0.25) is 0 Å². The summed E-state index contributed by atoms with van der Waals surface area (Å²) in [7, 11) is 0. The van der Waals surface area contributed by atoms with E-state index >= 15 is 0 Å². The Balaban J connectivity index is 2.07. The van der Waals surface area contributed by atoms with Crippen LogP contribution in [0.4, 0.5) is 0 Å². The van der Waals surface area contributed by atoms with Crippen molar-refractivity contribution < 1.29 is 14.7 Å². The van der Waals surface area contributed by atoms with Gasteiger partial charge in [-0.15, -0.1) is 0 Å². The van der Waals surface area contributed by atoms with E-state index in [4.69, 9.17) is 16.6 Å². The predicted octanol–water partition coefficient (Wildman–Crippen LogP) is -0.197. The van der Waals surface area contributed by atoms with Crippen molar-refractivity contribution in [3.05, 3.63) is 35.9 Å². The Kier molecular flexibility index (Phi) is 7.62. The summed E-state index contributed by atoms with van der Waals surface area (Å²) in [6.45, 7) is 5.74. The molecular weight excluding hydrogens is 360 g/mol. The molecule has 0 aromatic heterocycles. The summed E-state index contributed by atoms with van der Waals surface area (Å²) in [4.78, 5) is 29.4. The number of amidine groups is 1. The summed E-state index contributed by atoms with van der Waals surface area (Å²) in [5.41, 5.74) is 12.3. The molecule has 2 aliphatic rings. The normalized spacial score (nSPS) is 25.6. The number of hydrogen-bond donors (Lipinski definition) is 5. The summed E-state index contributed by atoms with van der Waals surface area (Å²) >= 11 is 0. The van der Waals surface area contributed by atoms with Gasteiger partial charge in [0.1, 0.15) is 11.7 Å². The molecule has 2 rings (SSSR count). The minimum atomic E-state index is -0.307. The zero-order valence-electron chi connectivity index (χ0n) is 16.3. The maximum absolute atomic E-state index is 12.3. The third-order valence-electron chi connectivity index (χ3n) is 4.81. The number of hydrogen-bond acceptors (Lipinski definition) is 7. The first-order valence-corrected chi connectivity index (χ1v) is 9.49. The molecule has 1 aliphatic carbocycles. The highest BCUT2D eigenvalue weighted by atomic mass is 16.3. The maximum atomic E-state index is 12.3. The molecule has 0 radical (unpaired) electrons. The highest BCUT2D eigenvalue weighted by Gasteiger charge is 2.28. The second kappa shape index (κ2) is 9.93. The second-order valence-corrected chi connectivity index (χ2v) is 7.02. The minimum absolute atomic E-state index is 0.0103. The quantitative estimate of drug-likeness (QED) is 0.407. The number of aliphatic hydroxyl groups excluding tert-OH is 1. The van der Waals surface area contributed by atoms with Crippen molar-refractivity contribution in [3.8, 4) is 0 Å². The lowest BCUT2D eigenvalue weighted by Gasteiger charge is -2.31. The van der Waals surface area contributed by atoms with Crippen LogP contribution in [0, 0.1) is 0 Å². The van der Waals surface area contributed by atoms with Gasteiger partial charge in [-0.1, -0.05) is 6.58 Å². The number of aliphatic imine (C=N–C) groups is 1. The summed E-state index contributed by atoms with van der Waals surface area (Å²) in [6.07, 6.45) is 6.54. The van der Waals surface area contributed by atoms with E-state index in [2.05, 4.69) is 22.2 Å². The molecule has 7 N–H and O–H groups in total. The van der Waals surface area contributed by atoms with Crippen molar-refractivity contribution >= 4 is 17.6 Å². The van der Waals surface area contributed by atoms with Gasteiger partial charge < -0.3 is 27.2 Å². The van der Waals surface area contributed by atoms with Crippen molar-refractivity contribution in [2.24, 2.45) is 16.5 Å². The monoisotopic (exact) mass is 390 g/mol. The Morgan fingerprint density at radius 1 is 1.36 bits per heavy atom. The summed E-state index contributed by atoms with van der Waals surface area (Å²) < 4.78 is 0. The van der Waals surface area contributed by atoms with E-state index in [0.717, 1.165) is 25.7 Å². The van der Waals surface area contributed by atoms with Crippen LogP contribution in [0.15, 0.2) is 40.9 Å². The summed E-state index contributed by atoms with van der Waals surface area (Å²) in [6, 6.07) is 0.391. The van der Waals surface area contributed by atoms with Crippen molar-refractivity contribution in [1.29, 1.82) is 0 Å². The number of carbonyl (C=O) groups excluding carboxylic acids is 2. The maximum Gasteiger partial charge on any atom is 0.254 e. The molecule has 2 amide bonds. The fraction of sp³-hybridized carbons (Fsp3) is 0.526. The van der Waals surface area contributed by atoms with Gasteiger partial charge in [-0.05, 0) is 32.1 Å². The third-order valence-corrected chi connectivity index (χ3v) is 4.81. The van der Waals surface area contributed by atoms with E-state index in [9.17, 15) is 9.59 Å². The average molecular weight is 390 g/mol. The topological polar surface area (TPSA) is 146 Å². The molecule has 0 spiro atoms. The van der Waals surface area contributed by atoms with Crippen LogP contribution in [0.1, 0.15) is 39.0 Å². The fourth-order valence-electron chi connectivity index (χ4n) is 3.47. The third kappa shape index (κ3) is 5.59. The van der Waals surface area contributed by atoms with Gasteiger partial charge in [0.05, 0.1) is 5.57 Å². The number of carbonyl (C=O) groups is 2. The lowest BCUT2D eigenvalue weighted by atomic mass is 9.91. The Bertz CT molecular complexity index is 704. The average Bonchev–Trinajstić information content (AvgIpc) is 2.62. The van der Waals surface area contributed by atoms with Crippen LogP contribution in [0.3, 0.4) is 0 Å². The standard InChI is InChI=1S/C19H30N6O3/c1-12(22-14-4-6-15(7-5-14)24-13(2)27)23-19-16(11-20)17(21)10-18(28)25(19)8-3-9-26/h10-11,14-15,22,26H,1,3-9,20-21H2,2H3,(H,24,27)/b16-11-,23-19+/t14-,15-. The minimum Gasteiger partial charge on any atom is -0.404 e. The van der Waals surface area contributed by atoms with Crippen molar-refractivity contribution in [1.82, 2.24) is 15.5 Å². The van der Waals surface area contributed by atoms with E-state index < -0.39 is 0 Å². The molecule has 1 fully saturated rings. The van der Waals surface area contributed by atoms with E-state index in [1.807, 2.05) is 0 Å². The molecule has 9 heteroatoms. The van der Waals surface area contributed by atoms with E-state index in [-0.39, 0.29) is 36.2 Å². The Morgan fingerprint density at radius 3 is 2.50 bits per heavy atom. The Labute approximate surface area is 165 Å². The molecule has 154 valence electrons. The van der Waals surface area contributed by atoms with Gasteiger partial charge in [-0.2, -0.15) is 0 Å². The van der Waals surface area contributed by atoms with Crippen molar-refractivity contribution in [3.63, 3.8) is 0 Å². The first-order chi connectivity index (χ1) is 13.3. The van der Waals surface area contributed by atoms with Crippen molar-refractivity contribution in [2.45, 2.75) is 51.1 Å². The van der Waals surface area contributed by atoms with Gasteiger partial charge in [0.15, 0.2) is 0 Å². The van der Waals surface area contributed by atoms with Crippen LogP contribution < -0.4 is 22.1 Å². The molecule has 28 heavy (non-hydrogen) atoms. The number of amides is 2. The zero-order valence-corrected chi connectivity index (χ0v) is 16.3. The van der Waals surface area contributed by atoms with Crippen LogP contribution >= 0.6 is 0 Å². The molecule has 0 aromatic rings. The largest absolute Gasteiger partial charge is 0.404 e. The first kappa shape index (κ1) is 21.5. The van der Waals surface area contributed by atoms with Gasteiger partial charge in [-0.3, -0.25) is 14.5 Å². The Hall–Kier alpha value is -2.81. The molecule has 0 saturated heterocycles. The summed E-state index contributed by atoms with van der Waals surface area (Å²) in [5.74, 6) is 0.419. The smallest absolute Gasteiger partial charge is 0.254 e. The lowest BCUT2D eigenvalue weighted by molar-refractivity contribution is -0.123. The molecule has 0 unspecified atom stereocenters. The van der Waals surface area contributed by atoms with E-state index in [0.29, 0.717) is 30.2 Å². The van der Waals surface area contributed by atoms with Gasteiger partial charge in [0.2, 0.25) is 5.91 Å². The van der Waals surface area contributed by atoms with Gasteiger partial charge in [0.25, 0.3) is 5.91 Å². The molecule has 0 bridgehead atoms. The molecule has 1 saturated carbocycles. The van der Waals surface area contributed by atoms with Crippen molar-refractivity contribution in [2.75, 3.05) is 13.2 Å². The van der Waals surface area contributed by atoms with Gasteiger partial charge in [-0.25, -0.2) is 4.99 Å². The van der Waals surface area contributed by atoms with Gasteiger partial charge in [0, 0.05) is 50.1 Å². The van der Waals surface area contributed by atoms with Crippen LogP contribution in [-0.4, -0.2) is 52.9 Å². The SMILES string of the molecule is C=C(/N=C1\C(=C/N)C(N)=CC(=O)N1CCCO)N[C@H]1CC[C@H](NC(C)=O)CC1. The Morgan fingerprint density at radius 2 is 1.96 bits per heavy atom. The van der Waals surface area contributed by atoms with E-state index in [1.54, 1.807) is 0 Å². The molecule has 0 aromatic carbocycles. The highest BCUT2D eigenvalue weighted by Crippen LogP contribution is 2.21. The zero-order chi connectivity index (χ0) is 20.7. The molecule has 0 atom stereocenters. The highest BCUT2D eigenvalue weighted by molar-refractivity contribution is 6.16. The molecule has 1 aliphatic heterocycles. The predicted molar refractivity (Wildman–Crippen MR) is 108 cm³/mol. The second-order valence-electron chi connectivity index (χ2n) is 7.02. The van der Waals surface area contributed by atoms with Crippen LogP contribution in [-0.2, 0) is 9.59 Å².